The molecule has 0 spiro atoms. The van der Waals surface area contributed by atoms with Crippen LogP contribution in [-0.4, -0.2) is 15.9 Å². The first-order chi connectivity index (χ1) is 18.7. The summed E-state index contributed by atoms with van der Waals surface area (Å²) in [4.78, 5) is 22.0. The second-order valence-corrected chi connectivity index (χ2v) is 12.1. The van der Waals surface area contributed by atoms with Gasteiger partial charge in [-0.25, -0.2) is 9.97 Å². The van der Waals surface area contributed by atoms with E-state index in [4.69, 9.17) is 4.74 Å². The fraction of sp³-hybridized carbons (Fsp3) is 0.676. The van der Waals surface area contributed by atoms with Crippen LogP contribution in [0.15, 0.2) is 36.7 Å². The minimum Gasteiger partial charge on any atom is -0.426 e. The molecule has 4 heteroatoms. The Kier molecular flexibility index (Phi) is 11.6. The lowest BCUT2D eigenvalue weighted by molar-refractivity contribution is -0.140. The van der Waals surface area contributed by atoms with Crippen molar-refractivity contribution in [2.45, 2.75) is 123 Å². The number of rotatable bonds is 13. The summed E-state index contributed by atoms with van der Waals surface area (Å²) in [5.74, 6) is 4.01. The Hall–Kier alpha value is -2.23. The zero-order valence-electron chi connectivity index (χ0n) is 24.0. The lowest BCUT2D eigenvalue weighted by Gasteiger charge is -2.37. The SMILES string of the molecule is CCCCCCCc1cnc(-c2ccc(OC(=O)[C@H]3CC[C@H]([C@H]4CC[C@H](CCCC)CC4)CC3)cc2)nc1. The molecule has 1 aromatic carbocycles. The van der Waals surface area contributed by atoms with Crippen LogP contribution in [0.1, 0.15) is 122 Å². The van der Waals surface area contributed by atoms with Gasteiger partial charge in [0.2, 0.25) is 0 Å². The van der Waals surface area contributed by atoms with Crippen LogP contribution in [0.2, 0.25) is 0 Å². The average molecular weight is 519 g/mol. The highest BCUT2D eigenvalue weighted by Crippen LogP contribution is 2.42. The molecule has 2 fully saturated rings. The third-order valence-electron chi connectivity index (χ3n) is 9.23. The Morgan fingerprint density at radius 3 is 2.00 bits per heavy atom. The Bertz CT molecular complexity index is 939. The van der Waals surface area contributed by atoms with E-state index in [2.05, 4.69) is 23.8 Å². The van der Waals surface area contributed by atoms with E-state index in [9.17, 15) is 4.79 Å². The second kappa shape index (κ2) is 15.4. The maximum Gasteiger partial charge on any atom is 0.314 e. The molecule has 208 valence electrons. The highest BCUT2D eigenvalue weighted by Gasteiger charge is 2.33. The molecule has 0 radical (unpaired) electrons. The molecule has 0 N–H and O–H groups in total. The zero-order chi connectivity index (χ0) is 26.6. The molecule has 2 aromatic rings. The van der Waals surface area contributed by atoms with Gasteiger partial charge in [0.1, 0.15) is 5.75 Å². The molecule has 2 saturated carbocycles. The minimum absolute atomic E-state index is 0.0460. The molecule has 0 saturated heterocycles. The van der Waals surface area contributed by atoms with Crippen molar-refractivity contribution in [1.82, 2.24) is 9.97 Å². The van der Waals surface area contributed by atoms with E-state index in [-0.39, 0.29) is 11.9 Å². The summed E-state index contributed by atoms with van der Waals surface area (Å²) in [6.45, 7) is 4.55. The molecule has 4 nitrogen and oxygen atoms in total. The summed E-state index contributed by atoms with van der Waals surface area (Å²) in [5.41, 5.74) is 2.15. The number of unbranched alkanes of at least 4 members (excludes halogenated alkanes) is 5. The van der Waals surface area contributed by atoms with Gasteiger partial charge in [0.05, 0.1) is 5.92 Å². The van der Waals surface area contributed by atoms with Crippen LogP contribution in [0.3, 0.4) is 0 Å². The van der Waals surface area contributed by atoms with Gasteiger partial charge in [0.15, 0.2) is 5.82 Å². The first-order valence-corrected chi connectivity index (χ1v) is 15.8. The molecule has 38 heavy (non-hydrogen) atoms. The van der Waals surface area contributed by atoms with Crippen LogP contribution in [0.25, 0.3) is 11.4 Å². The van der Waals surface area contributed by atoms with E-state index >= 15 is 0 Å². The van der Waals surface area contributed by atoms with E-state index < -0.39 is 0 Å². The lowest BCUT2D eigenvalue weighted by atomic mass is 9.68. The molecule has 4 rings (SSSR count). The standard InChI is InChI=1S/C34H50N2O2/c1-3-5-7-8-9-11-27-24-35-33(36-25-27)30-20-22-32(23-21-30)38-34(37)31-18-16-29(17-19-31)28-14-12-26(13-15-28)10-6-4-2/h20-26,28-29,31H,3-19H2,1-2H3/t26-,28-,29-,31-. The van der Waals surface area contributed by atoms with E-state index in [1.165, 1.54) is 95.5 Å². The van der Waals surface area contributed by atoms with Crippen molar-refractivity contribution in [1.29, 1.82) is 0 Å². The molecule has 2 aliphatic rings. The van der Waals surface area contributed by atoms with Crippen LogP contribution in [0.4, 0.5) is 0 Å². The molecule has 1 aromatic heterocycles. The molecular weight excluding hydrogens is 468 g/mol. The maximum absolute atomic E-state index is 12.9. The van der Waals surface area contributed by atoms with Gasteiger partial charge in [-0.3, -0.25) is 4.79 Å². The van der Waals surface area contributed by atoms with Gasteiger partial charge in [0.25, 0.3) is 0 Å². The van der Waals surface area contributed by atoms with Crippen molar-refractivity contribution in [2.24, 2.45) is 23.7 Å². The molecule has 0 aliphatic heterocycles. The molecule has 0 atom stereocenters. The van der Waals surface area contributed by atoms with Gasteiger partial charge in [-0.05, 0) is 98.9 Å². The van der Waals surface area contributed by atoms with Crippen LogP contribution in [0.5, 0.6) is 5.75 Å². The number of carbonyl (C=O) groups is 1. The smallest absolute Gasteiger partial charge is 0.314 e. The quantitative estimate of drug-likeness (QED) is 0.151. The first kappa shape index (κ1) is 28.8. The first-order valence-electron chi connectivity index (χ1n) is 15.8. The van der Waals surface area contributed by atoms with Gasteiger partial charge in [0, 0.05) is 18.0 Å². The Balaban J connectivity index is 1.18. The Morgan fingerprint density at radius 2 is 1.37 bits per heavy atom. The number of hydrogen-bond acceptors (Lipinski definition) is 4. The number of esters is 1. The largest absolute Gasteiger partial charge is 0.426 e. The van der Waals surface area contributed by atoms with Gasteiger partial charge in [-0.1, -0.05) is 71.6 Å². The third-order valence-corrected chi connectivity index (χ3v) is 9.23. The summed E-state index contributed by atoms with van der Waals surface area (Å²) in [6.07, 6.45) is 25.5. The van der Waals surface area contributed by atoms with Crippen molar-refractivity contribution < 1.29 is 9.53 Å². The maximum atomic E-state index is 12.9. The average Bonchev–Trinajstić information content (AvgIpc) is 2.97. The van der Waals surface area contributed by atoms with Crippen LogP contribution < -0.4 is 4.74 Å². The minimum atomic E-state index is -0.0565. The Morgan fingerprint density at radius 1 is 0.763 bits per heavy atom. The van der Waals surface area contributed by atoms with Crippen LogP contribution in [-0.2, 0) is 11.2 Å². The van der Waals surface area contributed by atoms with Gasteiger partial charge in [-0.15, -0.1) is 0 Å². The number of hydrogen-bond donors (Lipinski definition) is 0. The van der Waals surface area contributed by atoms with Crippen molar-refractivity contribution >= 4 is 5.97 Å². The molecule has 0 bridgehead atoms. The summed E-state index contributed by atoms with van der Waals surface area (Å²) in [5, 5.41) is 0. The number of aryl methyl sites for hydroxylation is 1. The molecule has 2 aliphatic carbocycles. The predicted molar refractivity (Wildman–Crippen MR) is 156 cm³/mol. The summed E-state index contributed by atoms with van der Waals surface area (Å²) in [7, 11) is 0. The molecular formula is C34H50N2O2. The van der Waals surface area contributed by atoms with Crippen molar-refractivity contribution in [3.63, 3.8) is 0 Å². The monoisotopic (exact) mass is 518 g/mol. The number of carbonyl (C=O) groups excluding carboxylic acids is 1. The Labute approximate surface area is 231 Å². The summed E-state index contributed by atoms with van der Waals surface area (Å²) < 4.78 is 5.79. The van der Waals surface area contributed by atoms with Gasteiger partial charge < -0.3 is 4.74 Å². The van der Waals surface area contributed by atoms with E-state index in [0.29, 0.717) is 5.75 Å². The number of benzene rings is 1. The number of nitrogens with zero attached hydrogens (tertiary/aromatic N) is 2. The van der Waals surface area contributed by atoms with Crippen LogP contribution in [0, 0.1) is 23.7 Å². The fourth-order valence-corrected chi connectivity index (χ4v) is 6.70. The van der Waals surface area contributed by atoms with Gasteiger partial charge in [-0.2, -0.15) is 0 Å². The highest BCUT2D eigenvalue weighted by molar-refractivity contribution is 5.75. The van der Waals surface area contributed by atoms with E-state index in [1.54, 1.807) is 0 Å². The summed E-state index contributed by atoms with van der Waals surface area (Å²) >= 11 is 0. The van der Waals surface area contributed by atoms with Crippen LogP contribution >= 0.6 is 0 Å². The van der Waals surface area contributed by atoms with E-state index in [0.717, 1.165) is 48.4 Å². The molecule has 0 amide bonds. The van der Waals surface area contributed by atoms with E-state index in [1.807, 2.05) is 36.7 Å². The van der Waals surface area contributed by atoms with Crippen molar-refractivity contribution in [3.05, 3.63) is 42.2 Å². The zero-order valence-corrected chi connectivity index (χ0v) is 24.0. The van der Waals surface area contributed by atoms with Crippen molar-refractivity contribution in [2.75, 3.05) is 0 Å². The number of aromatic nitrogens is 2. The predicted octanol–water partition coefficient (Wildman–Crippen LogP) is 9.36. The highest BCUT2D eigenvalue weighted by atomic mass is 16.5. The molecule has 1 heterocycles. The van der Waals surface area contributed by atoms with Gasteiger partial charge >= 0.3 is 5.97 Å². The number of ether oxygens (including phenoxy) is 1. The lowest BCUT2D eigenvalue weighted by Crippen LogP contribution is -2.30. The topological polar surface area (TPSA) is 52.1 Å². The van der Waals surface area contributed by atoms with Crippen molar-refractivity contribution in [3.8, 4) is 17.1 Å². The summed E-state index contributed by atoms with van der Waals surface area (Å²) in [6, 6.07) is 7.66. The molecule has 0 unspecified atom stereocenters. The fourth-order valence-electron chi connectivity index (χ4n) is 6.70. The second-order valence-electron chi connectivity index (χ2n) is 12.1. The normalized spacial score (nSPS) is 23.7. The third kappa shape index (κ3) is 8.64.